The van der Waals surface area contributed by atoms with Crippen LogP contribution in [0.15, 0.2) is 45.9 Å². The zero-order valence-electron chi connectivity index (χ0n) is 11.9. The van der Waals surface area contributed by atoms with Crippen LogP contribution in [0.5, 0.6) is 0 Å². The van der Waals surface area contributed by atoms with Gasteiger partial charge < -0.3 is 0 Å². The van der Waals surface area contributed by atoms with Crippen LogP contribution >= 0.6 is 27.3 Å². The fraction of sp³-hybridized carbons (Fsp3) is 0.188. The number of nitrogens with zero attached hydrogens (tertiary/aromatic N) is 2. The predicted molar refractivity (Wildman–Crippen MR) is 91.7 cm³/mol. The van der Waals surface area contributed by atoms with E-state index in [4.69, 9.17) is 0 Å². The van der Waals surface area contributed by atoms with E-state index in [1.54, 1.807) is 12.1 Å². The number of hydrogen-bond donors (Lipinski definition) is 0. The first-order valence-electron chi connectivity index (χ1n) is 6.85. The average molecular weight is 377 g/mol. The molecule has 0 aliphatic heterocycles. The van der Waals surface area contributed by atoms with Gasteiger partial charge in [0.05, 0.1) is 18.3 Å². The highest BCUT2D eigenvalue weighted by molar-refractivity contribution is 9.10. The Morgan fingerprint density at radius 1 is 1.32 bits per heavy atom. The lowest BCUT2D eigenvalue weighted by atomic mass is 10.1. The van der Waals surface area contributed by atoms with E-state index in [-0.39, 0.29) is 17.9 Å². The SMILES string of the molecule is CCc1cc2c(=O)n(CC(=O)c3ccc(Br)cc3)cnc2s1. The largest absolute Gasteiger partial charge is 0.292 e. The van der Waals surface area contributed by atoms with Crippen LogP contribution in [0.1, 0.15) is 22.2 Å². The van der Waals surface area contributed by atoms with Crippen molar-refractivity contribution in [2.45, 2.75) is 19.9 Å². The second kappa shape index (κ2) is 6.14. The van der Waals surface area contributed by atoms with Crippen molar-refractivity contribution in [2.24, 2.45) is 0 Å². The molecule has 0 aliphatic carbocycles. The van der Waals surface area contributed by atoms with Gasteiger partial charge in [-0.3, -0.25) is 14.2 Å². The lowest BCUT2D eigenvalue weighted by molar-refractivity contribution is 0.0970. The van der Waals surface area contributed by atoms with Crippen LogP contribution in [0.2, 0.25) is 0 Å². The fourth-order valence-corrected chi connectivity index (χ4v) is 3.37. The molecule has 0 saturated heterocycles. The van der Waals surface area contributed by atoms with Crippen molar-refractivity contribution in [1.82, 2.24) is 9.55 Å². The zero-order valence-corrected chi connectivity index (χ0v) is 14.3. The van der Waals surface area contributed by atoms with Crippen LogP contribution in [0, 0.1) is 0 Å². The van der Waals surface area contributed by atoms with Gasteiger partial charge in [-0.15, -0.1) is 11.3 Å². The number of ketones is 1. The third-order valence-corrected chi connectivity index (χ3v) is 5.11. The van der Waals surface area contributed by atoms with E-state index in [2.05, 4.69) is 20.9 Å². The summed E-state index contributed by atoms with van der Waals surface area (Å²) in [5, 5.41) is 0.591. The number of halogens is 1. The number of benzene rings is 1. The first-order valence-corrected chi connectivity index (χ1v) is 8.46. The monoisotopic (exact) mass is 376 g/mol. The summed E-state index contributed by atoms with van der Waals surface area (Å²) in [4.78, 5) is 30.9. The number of fused-ring (bicyclic) bond motifs is 1. The molecule has 112 valence electrons. The molecular formula is C16H13BrN2O2S. The van der Waals surface area contributed by atoms with E-state index in [0.717, 1.165) is 20.6 Å². The lowest BCUT2D eigenvalue weighted by Crippen LogP contribution is -2.24. The molecule has 6 heteroatoms. The van der Waals surface area contributed by atoms with E-state index < -0.39 is 0 Å². The van der Waals surface area contributed by atoms with Crippen LogP contribution in [-0.4, -0.2) is 15.3 Å². The Morgan fingerprint density at radius 2 is 2.05 bits per heavy atom. The Labute approximate surface area is 139 Å². The van der Waals surface area contributed by atoms with E-state index in [9.17, 15) is 9.59 Å². The highest BCUT2D eigenvalue weighted by Gasteiger charge is 2.12. The van der Waals surface area contributed by atoms with Crippen molar-refractivity contribution < 1.29 is 4.79 Å². The Morgan fingerprint density at radius 3 is 2.73 bits per heavy atom. The zero-order chi connectivity index (χ0) is 15.7. The maximum absolute atomic E-state index is 12.4. The molecule has 1 aromatic carbocycles. The smallest absolute Gasteiger partial charge is 0.262 e. The van der Waals surface area contributed by atoms with Crippen molar-refractivity contribution in [1.29, 1.82) is 0 Å². The number of rotatable bonds is 4. The molecule has 2 heterocycles. The average Bonchev–Trinajstić information content (AvgIpc) is 2.95. The molecule has 0 atom stereocenters. The Hall–Kier alpha value is -1.79. The summed E-state index contributed by atoms with van der Waals surface area (Å²) in [6.45, 7) is 2.04. The number of aryl methyl sites for hydroxylation is 1. The summed E-state index contributed by atoms with van der Waals surface area (Å²) in [5.41, 5.74) is 0.418. The van der Waals surface area contributed by atoms with Gasteiger partial charge in [0.25, 0.3) is 5.56 Å². The van der Waals surface area contributed by atoms with Crippen molar-refractivity contribution in [3.8, 4) is 0 Å². The highest BCUT2D eigenvalue weighted by atomic mass is 79.9. The highest BCUT2D eigenvalue weighted by Crippen LogP contribution is 2.21. The lowest BCUT2D eigenvalue weighted by Gasteiger charge is -2.04. The molecule has 0 spiro atoms. The fourth-order valence-electron chi connectivity index (χ4n) is 2.18. The van der Waals surface area contributed by atoms with Crippen LogP contribution in [0.3, 0.4) is 0 Å². The molecule has 0 bridgehead atoms. The second-order valence-electron chi connectivity index (χ2n) is 4.89. The summed E-state index contributed by atoms with van der Waals surface area (Å²) >= 11 is 4.86. The molecule has 0 amide bonds. The van der Waals surface area contributed by atoms with Crippen molar-refractivity contribution in [3.63, 3.8) is 0 Å². The van der Waals surface area contributed by atoms with E-state index in [1.807, 2.05) is 25.1 Å². The quantitative estimate of drug-likeness (QED) is 0.652. The molecule has 2 aromatic heterocycles. The molecule has 4 nitrogen and oxygen atoms in total. The molecule has 0 radical (unpaired) electrons. The van der Waals surface area contributed by atoms with Crippen LogP contribution < -0.4 is 5.56 Å². The number of carbonyl (C=O) groups is 1. The van der Waals surface area contributed by atoms with Gasteiger partial charge in [0, 0.05) is 14.9 Å². The summed E-state index contributed by atoms with van der Waals surface area (Å²) < 4.78 is 2.29. The van der Waals surface area contributed by atoms with Gasteiger partial charge in [-0.25, -0.2) is 4.98 Å². The maximum Gasteiger partial charge on any atom is 0.262 e. The molecule has 3 rings (SSSR count). The van der Waals surface area contributed by atoms with Crippen LogP contribution in [-0.2, 0) is 13.0 Å². The number of thiophene rings is 1. The second-order valence-corrected chi connectivity index (χ2v) is 6.92. The van der Waals surface area contributed by atoms with Gasteiger partial charge in [0.2, 0.25) is 0 Å². The first kappa shape index (κ1) is 15.1. The van der Waals surface area contributed by atoms with Crippen molar-refractivity contribution in [2.75, 3.05) is 0 Å². The third kappa shape index (κ3) is 2.89. The molecule has 22 heavy (non-hydrogen) atoms. The molecule has 0 aliphatic rings. The molecular weight excluding hydrogens is 364 g/mol. The number of hydrogen-bond acceptors (Lipinski definition) is 4. The normalized spacial score (nSPS) is 11.0. The van der Waals surface area contributed by atoms with E-state index in [1.165, 1.54) is 22.2 Å². The van der Waals surface area contributed by atoms with Crippen LogP contribution in [0.4, 0.5) is 0 Å². The first-order chi connectivity index (χ1) is 10.6. The van der Waals surface area contributed by atoms with Gasteiger partial charge in [-0.2, -0.15) is 0 Å². The minimum atomic E-state index is -0.161. The molecule has 3 aromatic rings. The minimum Gasteiger partial charge on any atom is -0.292 e. The maximum atomic E-state index is 12.4. The number of carbonyl (C=O) groups excluding carboxylic acids is 1. The van der Waals surface area contributed by atoms with Gasteiger partial charge in [-0.1, -0.05) is 35.0 Å². The van der Waals surface area contributed by atoms with E-state index >= 15 is 0 Å². The Kier molecular flexibility index (Phi) is 4.22. The minimum absolute atomic E-state index is 0.000705. The molecule has 0 fully saturated rings. The van der Waals surface area contributed by atoms with Gasteiger partial charge in [0.1, 0.15) is 4.83 Å². The van der Waals surface area contributed by atoms with Gasteiger partial charge in [-0.05, 0) is 24.6 Å². The Bertz CT molecular complexity index is 897. The standard InChI is InChI=1S/C16H13BrN2O2S/c1-2-12-7-13-15(22-12)18-9-19(16(13)21)8-14(20)10-3-5-11(17)6-4-10/h3-7,9H,2,8H2,1H3. The van der Waals surface area contributed by atoms with Crippen molar-refractivity contribution in [3.05, 3.63) is 61.9 Å². The molecule has 0 N–H and O–H groups in total. The Balaban J connectivity index is 1.93. The van der Waals surface area contributed by atoms with Crippen LogP contribution in [0.25, 0.3) is 10.2 Å². The predicted octanol–water partition coefficient (Wildman–Crippen LogP) is 3.67. The molecule has 0 unspecified atom stereocenters. The van der Waals surface area contributed by atoms with Crippen molar-refractivity contribution >= 4 is 43.3 Å². The van der Waals surface area contributed by atoms with Gasteiger partial charge in [0.15, 0.2) is 5.78 Å². The molecule has 0 saturated carbocycles. The summed E-state index contributed by atoms with van der Waals surface area (Å²) in [7, 11) is 0. The topological polar surface area (TPSA) is 52.0 Å². The van der Waals surface area contributed by atoms with Gasteiger partial charge >= 0.3 is 0 Å². The number of aromatic nitrogens is 2. The summed E-state index contributed by atoms with van der Waals surface area (Å²) in [6, 6.07) is 8.97. The summed E-state index contributed by atoms with van der Waals surface area (Å²) in [5.74, 6) is -0.110. The summed E-state index contributed by atoms with van der Waals surface area (Å²) in [6.07, 6.45) is 2.33. The third-order valence-electron chi connectivity index (χ3n) is 3.40. The van der Waals surface area contributed by atoms with E-state index in [0.29, 0.717) is 10.9 Å². The number of Topliss-reactive ketones (excluding diaryl/α,β-unsaturated/α-hetero) is 1.